The molecule has 23 heavy (non-hydrogen) atoms. The van der Waals surface area contributed by atoms with Gasteiger partial charge in [0.05, 0.1) is 0 Å². The molecule has 2 rings (SSSR count). The number of carbonyl (C=O) groups is 1. The third kappa shape index (κ3) is 6.47. The van der Waals surface area contributed by atoms with Crippen molar-refractivity contribution >= 4 is 35.8 Å². The van der Waals surface area contributed by atoms with Gasteiger partial charge in [0.25, 0.3) is 0 Å². The van der Waals surface area contributed by atoms with Crippen molar-refractivity contribution in [1.82, 2.24) is 15.5 Å². The number of nitrogens with one attached hydrogen (secondary N) is 2. The fourth-order valence-electron chi connectivity index (χ4n) is 3.38. The van der Waals surface area contributed by atoms with Crippen LogP contribution in [0.15, 0.2) is 4.99 Å². The number of likely N-dealkylation sites (tertiary alicyclic amines) is 1. The van der Waals surface area contributed by atoms with Crippen molar-refractivity contribution in [2.75, 3.05) is 26.7 Å². The molecular weight excluding hydrogens is 403 g/mol. The molecule has 6 heteroatoms. The Morgan fingerprint density at radius 3 is 2.52 bits per heavy atom. The van der Waals surface area contributed by atoms with Crippen LogP contribution < -0.4 is 10.6 Å². The maximum atomic E-state index is 11.5. The average Bonchev–Trinajstić information content (AvgIpc) is 3.26. The molecule has 2 atom stereocenters. The number of amides is 1. The fraction of sp³-hybridized carbons (Fsp3) is 0.882. The zero-order valence-corrected chi connectivity index (χ0v) is 17.1. The molecule has 1 heterocycles. The maximum Gasteiger partial charge on any atom is 0.220 e. The molecule has 1 saturated heterocycles. The molecule has 0 spiro atoms. The molecule has 1 aliphatic carbocycles. The number of carbonyl (C=O) groups excluding carboxylic acids is 1. The number of rotatable bonds is 6. The van der Waals surface area contributed by atoms with Gasteiger partial charge in [0.2, 0.25) is 5.91 Å². The third-order valence-corrected chi connectivity index (χ3v) is 4.87. The minimum Gasteiger partial charge on any atom is -0.359 e. The van der Waals surface area contributed by atoms with Crippen molar-refractivity contribution in [3.05, 3.63) is 0 Å². The Morgan fingerprint density at radius 2 is 1.96 bits per heavy atom. The van der Waals surface area contributed by atoms with Crippen LogP contribution >= 0.6 is 24.0 Å². The molecule has 0 aromatic heterocycles. The van der Waals surface area contributed by atoms with Crippen LogP contribution in [-0.4, -0.2) is 49.5 Å². The van der Waals surface area contributed by atoms with Gasteiger partial charge in [0.1, 0.15) is 0 Å². The highest BCUT2D eigenvalue weighted by Gasteiger charge is 2.37. The van der Waals surface area contributed by atoms with Gasteiger partial charge in [-0.15, -0.1) is 24.0 Å². The Bertz CT molecular complexity index is 394. The van der Waals surface area contributed by atoms with Crippen LogP contribution in [0, 0.1) is 11.8 Å². The predicted molar refractivity (Wildman–Crippen MR) is 106 cm³/mol. The number of hydrogen-bond donors (Lipinski definition) is 2. The second kappa shape index (κ2) is 10.4. The normalized spacial score (nSPS) is 24.8. The third-order valence-electron chi connectivity index (χ3n) is 4.87. The molecule has 1 saturated carbocycles. The molecular formula is C17H33IN4O. The van der Waals surface area contributed by atoms with Crippen molar-refractivity contribution in [3.8, 4) is 0 Å². The summed E-state index contributed by atoms with van der Waals surface area (Å²) < 4.78 is 0. The van der Waals surface area contributed by atoms with Gasteiger partial charge >= 0.3 is 0 Å². The maximum absolute atomic E-state index is 11.5. The average molecular weight is 436 g/mol. The van der Waals surface area contributed by atoms with Gasteiger partial charge in [0.15, 0.2) is 5.96 Å². The van der Waals surface area contributed by atoms with Crippen LogP contribution in [0.4, 0.5) is 0 Å². The number of halogens is 1. The van der Waals surface area contributed by atoms with Gasteiger partial charge in [-0.05, 0) is 44.4 Å². The van der Waals surface area contributed by atoms with Gasteiger partial charge < -0.3 is 15.5 Å². The summed E-state index contributed by atoms with van der Waals surface area (Å²) in [6.45, 7) is 7.20. The zero-order chi connectivity index (χ0) is 15.9. The van der Waals surface area contributed by atoms with E-state index >= 15 is 0 Å². The smallest absolute Gasteiger partial charge is 0.220 e. The van der Waals surface area contributed by atoms with Crippen LogP contribution in [-0.2, 0) is 4.79 Å². The monoisotopic (exact) mass is 436 g/mol. The summed E-state index contributed by atoms with van der Waals surface area (Å²) in [4.78, 5) is 18.5. The van der Waals surface area contributed by atoms with E-state index < -0.39 is 0 Å². The lowest BCUT2D eigenvalue weighted by molar-refractivity contribution is -0.121. The van der Waals surface area contributed by atoms with Crippen molar-refractivity contribution in [2.24, 2.45) is 16.8 Å². The van der Waals surface area contributed by atoms with Gasteiger partial charge in [0, 0.05) is 39.1 Å². The minimum absolute atomic E-state index is 0. The lowest BCUT2D eigenvalue weighted by Gasteiger charge is -2.34. The molecule has 2 aliphatic rings. The van der Waals surface area contributed by atoms with Crippen molar-refractivity contribution < 1.29 is 4.79 Å². The topological polar surface area (TPSA) is 56.7 Å². The Balaban J connectivity index is 0.00000264. The van der Waals surface area contributed by atoms with E-state index in [1.54, 1.807) is 7.05 Å². The molecule has 2 fully saturated rings. The fourth-order valence-corrected chi connectivity index (χ4v) is 3.38. The summed E-state index contributed by atoms with van der Waals surface area (Å²) in [5.41, 5.74) is 0. The zero-order valence-electron chi connectivity index (χ0n) is 14.8. The van der Waals surface area contributed by atoms with Gasteiger partial charge in [-0.3, -0.25) is 9.79 Å². The Kier molecular flexibility index (Phi) is 9.24. The lowest BCUT2D eigenvalue weighted by atomic mass is 9.93. The van der Waals surface area contributed by atoms with Crippen molar-refractivity contribution in [2.45, 2.75) is 58.4 Å². The number of aliphatic imine (C=N–C) groups is 1. The molecule has 0 aromatic carbocycles. The molecule has 2 unspecified atom stereocenters. The van der Waals surface area contributed by atoms with Crippen LogP contribution in [0.5, 0.6) is 0 Å². The molecule has 0 aromatic rings. The van der Waals surface area contributed by atoms with E-state index in [4.69, 9.17) is 0 Å². The predicted octanol–water partition coefficient (Wildman–Crippen LogP) is 2.61. The summed E-state index contributed by atoms with van der Waals surface area (Å²) in [7, 11) is 1.72. The summed E-state index contributed by atoms with van der Waals surface area (Å²) >= 11 is 0. The molecule has 1 amide bonds. The minimum atomic E-state index is 0. The number of nitrogens with zero attached hydrogens (tertiary/aromatic N) is 2. The van der Waals surface area contributed by atoms with Gasteiger partial charge in [-0.2, -0.15) is 0 Å². The second-order valence-electron chi connectivity index (χ2n) is 6.64. The first kappa shape index (κ1) is 20.5. The number of guanidine groups is 1. The standard InChI is InChI=1S/C17H32N4O.HI/c1-4-6-14-12-15(14)20-17(19-5-2)21-9-7-13(8-10-21)11-16(22)18-3;/h13-15H,4-12H2,1-3H3,(H,18,22)(H,19,20);1H. The summed E-state index contributed by atoms with van der Waals surface area (Å²) in [6.07, 6.45) is 6.73. The van der Waals surface area contributed by atoms with Gasteiger partial charge in [-0.1, -0.05) is 13.3 Å². The molecule has 5 nitrogen and oxygen atoms in total. The largest absolute Gasteiger partial charge is 0.359 e. The van der Waals surface area contributed by atoms with Crippen molar-refractivity contribution in [3.63, 3.8) is 0 Å². The molecule has 2 N–H and O–H groups in total. The first-order valence-corrected chi connectivity index (χ1v) is 8.94. The summed E-state index contributed by atoms with van der Waals surface area (Å²) in [5.74, 6) is 2.62. The highest BCUT2D eigenvalue weighted by Crippen LogP contribution is 2.34. The number of hydrogen-bond acceptors (Lipinski definition) is 2. The SMILES string of the molecule is CCCC1CC1NC(=NCC)N1CCC(CC(=O)NC)CC1.I. The number of piperidine rings is 1. The summed E-state index contributed by atoms with van der Waals surface area (Å²) in [6, 6.07) is 0.633. The van der Waals surface area contributed by atoms with Crippen LogP contribution in [0.3, 0.4) is 0 Å². The van der Waals surface area contributed by atoms with E-state index in [1.807, 2.05) is 0 Å². The molecule has 0 bridgehead atoms. The van der Waals surface area contributed by atoms with Crippen LogP contribution in [0.2, 0.25) is 0 Å². The van der Waals surface area contributed by atoms with E-state index in [-0.39, 0.29) is 29.9 Å². The second-order valence-corrected chi connectivity index (χ2v) is 6.64. The van der Waals surface area contributed by atoms with Crippen molar-refractivity contribution in [1.29, 1.82) is 0 Å². The molecule has 134 valence electrons. The van der Waals surface area contributed by atoms with E-state index in [2.05, 4.69) is 34.4 Å². The van der Waals surface area contributed by atoms with E-state index in [0.717, 1.165) is 44.4 Å². The van der Waals surface area contributed by atoms with E-state index in [1.165, 1.54) is 19.3 Å². The first-order valence-electron chi connectivity index (χ1n) is 8.94. The molecule has 1 aliphatic heterocycles. The quantitative estimate of drug-likeness (QED) is 0.383. The highest BCUT2D eigenvalue weighted by atomic mass is 127. The van der Waals surface area contributed by atoms with E-state index in [9.17, 15) is 4.79 Å². The van der Waals surface area contributed by atoms with Crippen LogP contribution in [0.1, 0.15) is 52.4 Å². The Morgan fingerprint density at radius 1 is 1.26 bits per heavy atom. The first-order chi connectivity index (χ1) is 10.7. The molecule has 0 radical (unpaired) electrons. The van der Waals surface area contributed by atoms with Crippen LogP contribution in [0.25, 0.3) is 0 Å². The van der Waals surface area contributed by atoms with Gasteiger partial charge in [-0.25, -0.2) is 0 Å². The lowest BCUT2D eigenvalue weighted by Crippen LogP contribution is -2.47. The Labute approximate surface area is 158 Å². The summed E-state index contributed by atoms with van der Waals surface area (Å²) in [5, 5.41) is 6.39. The Hall–Kier alpha value is -0.530. The highest BCUT2D eigenvalue weighted by molar-refractivity contribution is 14.0. The van der Waals surface area contributed by atoms with E-state index in [0.29, 0.717) is 18.4 Å².